The molecular weight excluding hydrogens is 566 g/mol. The van der Waals surface area contributed by atoms with Gasteiger partial charge in [0.1, 0.15) is 27.9 Å². The molecule has 0 atom stereocenters. The fraction of sp³-hybridized carbons (Fsp3) is 0.182. The van der Waals surface area contributed by atoms with Crippen LogP contribution in [0.3, 0.4) is 0 Å². The molecule has 0 unspecified atom stereocenters. The van der Waals surface area contributed by atoms with Gasteiger partial charge in [-0.3, -0.25) is 19.3 Å². The predicted octanol–water partition coefficient (Wildman–Crippen LogP) is 6.66. The summed E-state index contributed by atoms with van der Waals surface area (Å²) in [7, 11) is 3.03. The molecule has 2 N–H and O–H groups in total. The molecule has 0 fully saturated rings. The van der Waals surface area contributed by atoms with Crippen molar-refractivity contribution in [3.63, 3.8) is 0 Å². The summed E-state index contributed by atoms with van der Waals surface area (Å²) in [5.41, 5.74) is 2.97. The van der Waals surface area contributed by atoms with E-state index >= 15 is 0 Å². The summed E-state index contributed by atoms with van der Waals surface area (Å²) >= 11 is 1.18. The molecule has 0 aliphatic carbocycles. The number of imide groups is 1. The van der Waals surface area contributed by atoms with Gasteiger partial charge in [-0.1, -0.05) is 37.7 Å². The number of hydrogen-bond acceptors (Lipinski definition) is 8. The lowest BCUT2D eigenvalue weighted by atomic mass is 10.0. The van der Waals surface area contributed by atoms with Gasteiger partial charge >= 0.3 is 0 Å². The summed E-state index contributed by atoms with van der Waals surface area (Å²) in [5, 5.41) is 6.04. The fourth-order valence-electron chi connectivity index (χ4n) is 4.47. The Bertz CT molecular complexity index is 1660. The number of nitrogens with zero attached hydrogens (tertiary/aromatic N) is 1. The number of carbonyl (C=O) groups excluding carboxylic acids is 3. The van der Waals surface area contributed by atoms with Crippen LogP contribution in [0.15, 0.2) is 105 Å². The van der Waals surface area contributed by atoms with E-state index in [1.807, 2.05) is 24.3 Å². The molecule has 0 bridgehead atoms. The van der Waals surface area contributed by atoms with Crippen LogP contribution in [0.1, 0.15) is 41.4 Å². The van der Waals surface area contributed by atoms with Gasteiger partial charge in [0.15, 0.2) is 0 Å². The van der Waals surface area contributed by atoms with E-state index in [0.29, 0.717) is 45.0 Å². The van der Waals surface area contributed by atoms with Gasteiger partial charge in [0, 0.05) is 22.3 Å². The van der Waals surface area contributed by atoms with Crippen molar-refractivity contribution in [2.75, 3.05) is 24.9 Å². The first-order chi connectivity index (χ1) is 20.8. The van der Waals surface area contributed by atoms with Gasteiger partial charge in [0.05, 0.1) is 32.6 Å². The van der Waals surface area contributed by atoms with Crippen LogP contribution >= 0.6 is 11.8 Å². The van der Waals surface area contributed by atoms with E-state index in [2.05, 4.69) is 24.5 Å². The van der Waals surface area contributed by atoms with Crippen LogP contribution in [-0.2, 0) is 16.1 Å². The zero-order chi connectivity index (χ0) is 30.5. The molecule has 220 valence electrons. The standard InChI is InChI=1S/C33H31N3O6S/c1-20(2)21-7-9-22(10-8-21)34-29-30(33(39)36(32(29)38)19-25-6-5-17-42-25)43-26-14-11-23(12-15-26)35-31(37)27-16-13-24(40-3)18-28(27)41-4/h5-18,20,34H,19H2,1-4H3,(H,35,37). The second-order valence-electron chi connectivity index (χ2n) is 10.0. The number of hydrogen-bond donors (Lipinski definition) is 2. The summed E-state index contributed by atoms with van der Waals surface area (Å²) in [4.78, 5) is 42.1. The smallest absolute Gasteiger partial charge is 0.278 e. The van der Waals surface area contributed by atoms with Crippen molar-refractivity contribution in [2.24, 2.45) is 0 Å². The van der Waals surface area contributed by atoms with Gasteiger partial charge in [-0.15, -0.1) is 0 Å². The van der Waals surface area contributed by atoms with Gasteiger partial charge in [-0.2, -0.15) is 0 Å². The molecule has 43 heavy (non-hydrogen) atoms. The van der Waals surface area contributed by atoms with Crippen LogP contribution in [0, 0.1) is 0 Å². The zero-order valence-corrected chi connectivity index (χ0v) is 25.0. The summed E-state index contributed by atoms with van der Waals surface area (Å²) in [6.07, 6.45) is 1.50. The van der Waals surface area contributed by atoms with Gasteiger partial charge < -0.3 is 24.5 Å². The molecule has 1 aromatic heterocycles. The molecule has 5 rings (SSSR count). The quantitative estimate of drug-likeness (QED) is 0.185. The first-order valence-electron chi connectivity index (χ1n) is 13.6. The Kier molecular flexibility index (Phi) is 8.87. The topological polar surface area (TPSA) is 110 Å². The van der Waals surface area contributed by atoms with E-state index in [1.165, 1.54) is 35.6 Å². The zero-order valence-electron chi connectivity index (χ0n) is 24.2. The molecule has 0 radical (unpaired) electrons. The lowest BCUT2D eigenvalue weighted by Gasteiger charge is -2.14. The van der Waals surface area contributed by atoms with Crippen molar-refractivity contribution in [1.29, 1.82) is 0 Å². The lowest BCUT2D eigenvalue weighted by Crippen LogP contribution is -2.31. The summed E-state index contributed by atoms with van der Waals surface area (Å²) in [6.45, 7) is 4.24. The highest BCUT2D eigenvalue weighted by atomic mass is 32.2. The average molecular weight is 598 g/mol. The van der Waals surface area contributed by atoms with Crippen molar-refractivity contribution < 1.29 is 28.3 Å². The average Bonchev–Trinajstić information content (AvgIpc) is 3.61. The normalized spacial score (nSPS) is 13.1. The van der Waals surface area contributed by atoms with E-state index in [9.17, 15) is 14.4 Å². The Morgan fingerprint density at radius 3 is 2.26 bits per heavy atom. The van der Waals surface area contributed by atoms with E-state index in [4.69, 9.17) is 13.9 Å². The van der Waals surface area contributed by atoms with Crippen molar-refractivity contribution in [3.8, 4) is 11.5 Å². The van der Waals surface area contributed by atoms with Gasteiger partial charge in [0.25, 0.3) is 17.7 Å². The molecule has 3 amide bonds. The van der Waals surface area contributed by atoms with Crippen molar-refractivity contribution >= 4 is 40.9 Å². The predicted molar refractivity (Wildman–Crippen MR) is 165 cm³/mol. The highest BCUT2D eigenvalue weighted by molar-refractivity contribution is 8.04. The maximum Gasteiger partial charge on any atom is 0.278 e. The largest absolute Gasteiger partial charge is 0.497 e. The fourth-order valence-corrected chi connectivity index (χ4v) is 5.41. The summed E-state index contributed by atoms with van der Waals surface area (Å²) in [6, 6.07) is 23.2. The van der Waals surface area contributed by atoms with Gasteiger partial charge in [-0.05, 0) is 72.1 Å². The molecule has 2 heterocycles. The highest BCUT2D eigenvalue weighted by Gasteiger charge is 2.39. The maximum absolute atomic E-state index is 13.5. The molecule has 1 aliphatic heterocycles. The number of ether oxygens (including phenoxy) is 2. The third-order valence-corrected chi connectivity index (χ3v) is 7.94. The summed E-state index contributed by atoms with van der Waals surface area (Å²) in [5.74, 6) is 0.631. The van der Waals surface area contributed by atoms with Crippen LogP contribution in [0.4, 0.5) is 11.4 Å². The van der Waals surface area contributed by atoms with Crippen molar-refractivity contribution in [3.05, 3.63) is 113 Å². The Balaban J connectivity index is 1.36. The van der Waals surface area contributed by atoms with E-state index < -0.39 is 11.8 Å². The Morgan fingerprint density at radius 2 is 1.63 bits per heavy atom. The SMILES string of the molecule is COc1ccc(C(=O)Nc2ccc(SC3=C(Nc4ccc(C(C)C)cc4)C(=O)N(Cc4ccco4)C3=O)cc2)c(OC)c1. The maximum atomic E-state index is 13.5. The number of benzene rings is 3. The molecule has 0 spiro atoms. The molecular formula is C33H31N3O6S. The molecule has 9 nitrogen and oxygen atoms in total. The number of methoxy groups -OCH3 is 2. The molecule has 3 aromatic carbocycles. The first-order valence-corrected chi connectivity index (χ1v) is 14.4. The molecule has 1 aliphatic rings. The van der Waals surface area contributed by atoms with Crippen molar-refractivity contribution in [1.82, 2.24) is 4.90 Å². The second-order valence-corrected chi connectivity index (χ2v) is 11.1. The summed E-state index contributed by atoms with van der Waals surface area (Å²) < 4.78 is 15.9. The third kappa shape index (κ3) is 6.60. The number of furan rings is 1. The minimum absolute atomic E-state index is 0.0198. The van der Waals surface area contributed by atoms with Crippen LogP contribution in [0.5, 0.6) is 11.5 Å². The monoisotopic (exact) mass is 597 g/mol. The Hall–Kier alpha value is -4.96. The third-order valence-electron chi connectivity index (χ3n) is 6.85. The van der Waals surface area contributed by atoms with Gasteiger partial charge in [0.2, 0.25) is 0 Å². The van der Waals surface area contributed by atoms with E-state index in [0.717, 1.165) is 0 Å². The minimum atomic E-state index is -0.436. The lowest BCUT2D eigenvalue weighted by molar-refractivity contribution is -0.138. The molecule has 10 heteroatoms. The Morgan fingerprint density at radius 1 is 0.907 bits per heavy atom. The molecule has 0 saturated heterocycles. The van der Waals surface area contributed by atoms with E-state index in [-0.39, 0.29) is 23.1 Å². The molecule has 0 saturated carbocycles. The van der Waals surface area contributed by atoms with E-state index in [1.54, 1.807) is 61.7 Å². The number of anilines is 2. The minimum Gasteiger partial charge on any atom is -0.497 e. The number of thioether (sulfide) groups is 1. The van der Waals surface area contributed by atoms with Gasteiger partial charge in [-0.25, -0.2) is 0 Å². The first kappa shape index (κ1) is 29.5. The number of carbonyl (C=O) groups is 3. The Labute approximate surface area is 253 Å². The van der Waals surface area contributed by atoms with Crippen LogP contribution in [0.2, 0.25) is 0 Å². The molecule has 4 aromatic rings. The van der Waals surface area contributed by atoms with Crippen LogP contribution in [-0.4, -0.2) is 36.8 Å². The number of amides is 3. The second kappa shape index (κ2) is 12.9. The van der Waals surface area contributed by atoms with Crippen LogP contribution < -0.4 is 20.1 Å². The van der Waals surface area contributed by atoms with Crippen molar-refractivity contribution in [2.45, 2.75) is 31.2 Å². The number of rotatable bonds is 11. The highest BCUT2D eigenvalue weighted by Crippen LogP contribution is 2.37. The number of nitrogens with one attached hydrogen (secondary N) is 2. The van der Waals surface area contributed by atoms with Crippen LogP contribution in [0.25, 0.3) is 0 Å².